The van der Waals surface area contributed by atoms with Crippen molar-refractivity contribution in [2.45, 2.75) is 32.0 Å². The van der Waals surface area contributed by atoms with Crippen molar-refractivity contribution in [2.24, 2.45) is 5.92 Å². The Morgan fingerprint density at radius 3 is 2.05 bits per heavy atom. The number of ether oxygens (including phenoxy) is 2. The quantitative estimate of drug-likeness (QED) is 0.141. The van der Waals surface area contributed by atoms with Gasteiger partial charge in [-0.05, 0) is 30.3 Å². The van der Waals surface area contributed by atoms with E-state index in [9.17, 15) is 31.9 Å². The van der Waals surface area contributed by atoms with Crippen molar-refractivity contribution in [3.63, 3.8) is 0 Å². The lowest BCUT2D eigenvalue weighted by atomic mass is 9.90. The van der Waals surface area contributed by atoms with Gasteiger partial charge in [0.2, 0.25) is 5.82 Å². The van der Waals surface area contributed by atoms with Crippen molar-refractivity contribution in [3.05, 3.63) is 113 Å². The lowest BCUT2D eigenvalue weighted by molar-refractivity contribution is -0.275. The molecule has 41 heavy (non-hydrogen) atoms. The number of aliphatic hydroxyl groups is 1. The number of anilines is 1. The van der Waals surface area contributed by atoms with Crippen LogP contribution in [0.2, 0.25) is 0 Å². The third-order valence-corrected chi connectivity index (χ3v) is 6.93. The summed E-state index contributed by atoms with van der Waals surface area (Å²) >= 11 is 0. The topological polar surface area (TPSA) is 71.0 Å². The molecule has 218 valence electrons. The van der Waals surface area contributed by atoms with Crippen molar-refractivity contribution in [1.82, 2.24) is 4.90 Å². The second-order valence-electron chi connectivity index (χ2n) is 9.85. The highest BCUT2D eigenvalue weighted by Gasteiger charge is 2.39. The van der Waals surface area contributed by atoms with Gasteiger partial charge >= 0.3 is 0 Å². The molecule has 4 atom stereocenters. The van der Waals surface area contributed by atoms with Crippen molar-refractivity contribution >= 4 is 11.6 Å². The molecule has 3 aromatic carbocycles. The Morgan fingerprint density at radius 2 is 1.49 bits per heavy atom. The van der Waals surface area contributed by atoms with Crippen LogP contribution in [0.4, 0.5) is 27.6 Å². The molecular weight excluding hydrogens is 547 g/mol. The number of amides is 1. The summed E-state index contributed by atoms with van der Waals surface area (Å²) in [5.41, 5.74) is 0.687. The van der Waals surface area contributed by atoms with Crippen LogP contribution in [0, 0.1) is 35.0 Å². The highest BCUT2D eigenvalue weighted by atomic mass is 19.2. The molecule has 1 aliphatic heterocycles. The molecule has 11 heteroatoms. The van der Waals surface area contributed by atoms with Crippen molar-refractivity contribution in [1.29, 1.82) is 0 Å². The number of halogens is 5. The fourth-order valence-electron chi connectivity index (χ4n) is 4.65. The average molecular weight is 577 g/mol. The first-order chi connectivity index (χ1) is 19.5. The van der Waals surface area contributed by atoms with Gasteiger partial charge in [-0.3, -0.25) is 4.79 Å². The summed E-state index contributed by atoms with van der Waals surface area (Å²) in [4.78, 5) is 14.5. The van der Waals surface area contributed by atoms with Gasteiger partial charge in [0.15, 0.2) is 29.6 Å². The van der Waals surface area contributed by atoms with Crippen molar-refractivity contribution in [2.75, 3.05) is 25.5 Å². The van der Waals surface area contributed by atoms with Gasteiger partial charge < -0.3 is 24.8 Å². The van der Waals surface area contributed by atoms with E-state index in [1.165, 1.54) is 12.1 Å². The van der Waals surface area contributed by atoms with E-state index in [1.807, 2.05) is 38.2 Å². The van der Waals surface area contributed by atoms with Crippen molar-refractivity contribution < 1.29 is 41.3 Å². The molecule has 3 aromatic rings. The smallest absolute Gasteiger partial charge is 0.261 e. The lowest BCUT2D eigenvalue weighted by Crippen LogP contribution is -2.43. The van der Waals surface area contributed by atoms with Crippen molar-refractivity contribution in [3.8, 4) is 0 Å². The molecular formula is C30H29F5N2O4. The second kappa shape index (κ2) is 12.9. The highest BCUT2D eigenvalue weighted by Crippen LogP contribution is 2.42. The zero-order valence-electron chi connectivity index (χ0n) is 22.3. The summed E-state index contributed by atoms with van der Waals surface area (Å²) in [7, 11) is 1.94. The van der Waals surface area contributed by atoms with Crippen LogP contribution in [0.25, 0.3) is 0 Å². The molecule has 0 saturated carbocycles. The molecule has 0 aliphatic carbocycles. The molecule has 1 saturated heterocycles. The fourth-order valence-corrected chi connectivity index (χ4v) is 4.65. The van der Waals surface area contributed by atoms with E-state index in [-0.39, 0.29) is 30.4 Å². The Balaban J connectivity index is 1.56. The van der Waals surface area contributed by atoms with Gasteiger partial charge in [0, 0.05) is 30.3 Å². The van der Waals surface area contributed by atoms with Crippen LogP contribution in [0.15, 0.2) is 61.2 Å². The maximum absolute atomic E-state index is 14.1. The Hall–Kier alpha value is -3.64. The van der Waals surface area contributed by atoms with Crippen LogP contribution in [-0.4, -0.2) is 42.2 Å². The Labute approximate surface area is 234 Å². The van der Waals surface area contributed by atoms with E-state index < -0.39 is 46.8 Å². The number of rotatable bonds is 9. The van der Waals surface area contributed by atoms with Crippen LogP contribution >= 0.6 is 0 Å². The van der Waals surface area contributed by atoms with E-state index in [1.54, 1.807) is 18.2 Å². The highest BCUT2D eigenvalue weighted by molar-refractivity contribution is 6.04. The molecule has 1 fully saturated rings. The molecule has 0 radical (unpaired) electrons. The van der Waals surface area contributed by atoms with Crippen LogP contribution < -0.4 is 5.32 Å². The summed E-state index contributed by atoms with van der Waals surface area (Å²) in [5.74, 6) is -12.8. The second-order valence-corrected chi connectivity index (χ2v) is 9.85. The Morgan fingerprint density at radius 1 is 0.927 bits per heavy atom. The number of carbonyl (C=O) groups excluding carboxylic acids is 1. The minimum atomic E-state index is -2.35. The number of benzene rings is 3. The standard InChI is InChI=1S/C30H29F5N2O4/c1-4-13-37(3)14-21-16(2)28(18-7-5-17(15-38)6-8-18)41-30(40-21)19-9-11-20(12-10-19)36-29(39)22-23(31)25(33)27(35)26(34)24(22)32/h4-12,16,21,28,30,38H,1,13-15H2,2-3H3,(H,36,39)/t16-,21+,28+,30+/m0/s1. The zero-order chi connectivity index (χ0) is 29.8. The summed E-state index contributed by atoms with van der Waals surface area (Å²) < 4.78 is 81.2. The molecule has 2 N–H and O–H groups in total. The third-order valence-electron chi connectivity index (χ3n) is 6.93. The minimum absolute atomic E-state index is 0.0466. The van der Waals surface area contributed by atoms with Gasteiger partial charge in [-0.25, -0.2) is 22.0 Å². The molecule has 0 spiro atoms. The predicted octanol–water partition coefficient (Wildman–Crippen LogP) is 6.04. The average Bonchev–Trinajstić information content (AvgIpc) is 2.97. The molecule has 1 aliphatic rings. The SMILES string of the molecule is C=CCN(C)C[C@H]1O[C@@H](c2ccc(NC(=O)c3c(F)c(F)c(F)c(F)c3F)cc2)O[C@@H](c2ccc(CO)cc2)[C@H]1C. The molecule has 1 amide bonds. The van der Waals surface area contributed by atoms with Gasteiger partial charge in [-0.1, -0.05) is 49.4 Å². The van der Waals surface area contributed by atoms with Gasteiger partial charge in [0.25, 0.3) is 5.91 Å². The number of aliphatic hydroxyl groups excluding tert-OH is 1. The molecule has 1 heterocycles. The zero-order valence-corrected chi connectivity index (χ0v) is 22.3. The lowest BCUT2D eigenvalue weighted by Gasteiger charge is -2.42. The normalized spacial score (nSPS) is 20.7. The van der Waals surface area contributed by atoms with Crippen LogP contribution in [0.1, 0.15) is 46.4 Å². The number of nitrogens with one attached hydrogen (secondary N) is 1. The molecule has 0 bridgehead atoms. The number of hydrogen-bond donors (Lipinski definition) is 2. The summed E-state index contributed by atoms with van der Waals surface area (Å²) in [5, 5.41) is 11.6. The molecule has 6 nitrogen and oxygen atoms in total. The third kappa shape index (κ3) is 6.48. The number of likely N-dealkylation sites (N-methyl/N-ethyl adjacent to an activating group) is 1. The van der Waals surface area contributed by atoms with Crippen LogP contribution in [0.5, 0.6) is 0 Å². The van der Waals surface area contributed by atoms with Gasteiger partial charge in [-0.2, -0.15) is 0 Å². The maximum Gasteiger partial charge on any atom is 0.261 e. The molecule has 4 rings (SSSR count). The van der Waals surface area contributed by atoms with E-state index in [2.05, 4.69) is 16.8 Å². The van der Waals surface area contributed by atoms with Crippen LogP contribution in [0.3, 0.4) is 0 Å². The number of carbonyl (C=O) groups is 1. The van der Waals surface area contributed by atoms with Gasteiger partial charge in [0.05, 0.1) is 18.8 Å². The summed E-state index contributed by atoms with van der Waals surface area (Å²) in [6.45, 7) is 6.92. The first-order valence-electron chi connectivity index (χ1n) is 12.8. The first-order valence-corrected chi connectivity index (χ1v) is 12.8. The van der Waals surface area contributed by atoms with E-state index in [4.69, 9.17) is 9.47 Å². The predicted molar refractivity (Wildman–Crippen MR) is 141 cm³/mol. The summed E-state index contributed by atoms with van der Waals surface area (Å²) in [6, 6.07) is 13.3. The maximum atomic E-state index is 14.1. The molecule has 0 unspecified atom stereocenters. The monoisotopic (exact) mass is 576 g/mol. The first kappa shape index (κ1) is 30.3. The molecule has 0 aromatic heterocycles. The van der Waals surface area contributed by atoms with Crippen LogP contribution in [-0.2, 0) is 16.1 Å². The van der Waals surface area contributed by atoms with Gasteiger partial charge in [-0.15, -0.1) is 6.58 Å². The van der Waals surface area contributed by atoms with E-state index >= 15 is 0 Å². The van der Waals surface area contributed by atoms with E-state index in [0.717, 1.165) is 11.1 Å². The number of hydrogen-bond acceptors (Lipinski definition) is 5. The summed E-state index contributed by atoms with van der Waals surface area (Å²) in [6.07, 6.45) is 0.342. The Bertz CT molecular complexity index is 1370. The minimum Gasteiger partial charge on any atom is -0.392 e. The Kier molecular flexibility index (Phi) is 9.54. The van der Waals surface area contributed by atoms with Gasteiger partial charge in [0.1, 0.15) is 5.56 Å². The fraction of sp³-hybridized carbons (Fsp3) is 0.300. The number of nitrogens with zero attached hydrogens (tertiary/aromatic N) is 1. The van der Waals surface area contributed by atoms with E-state index in [0.29, 0.717) is 18.7 Å². The largest absolute Gasteiger partial charge is 0.392 e.